The molecule has 2 aromatic heterocycles. The molecular weight excluding hydrogens is 582 g/mol. The van der Waals surface area contributed by atoms with Crippen molar-refractivity contribution in [2.75, 3.05) is 37.8 Å². The van der Waals surface area contributed by atoms with Gasteiger partial charge in [-0.05, 0) is 86.3 Å². The van der Waals surface area contributed by atoms with E-state index in [1.807, 2.05) is 0 Å². The average Bonchev–Trinajstić information content (AvgIpc) is 3.56. The summed E-state index contributed by atoms with van der Waals surface area (Å²) in [5.74, 6) is -0.327. The molecule has 1 saturated heterocycles. The number of urea groups is 1. The van der Waals surface area contributed by atoms with E-state index < -0.39 is 23.1 Å². The summed E-state index contributed by atoms with van der Waals surface area (Å²) in [5, 5.41) is 5.33. The van der Waals surface area contributed by atoms with E-state index in [2.05, 4.69) is 27.6 Å². The molecule has 45 heavy (non-hydrogen) atoms. The summed E-state index contributed by atoms with van der Waals surface area (Å²) in [6.45, 7) is 2.13. The zero-order chi connectivity index (χ0) is 31.7. The molecule has 2 aromatic carbocycles. The minimum absolute atomic E-state index is 0.106. The molecule has 0 radical (unpaired) electrons. The predicted molar refractivity (Wildman–Crippen MR) is 165 cm³/mol. The summed E-state index contributed by atoms with van der Waals surface area (Å²) in [6, 6.07) is 14.9. The second kappa shape index (κ2) is 12.5. The Labute approximate surface area is 258 Å². The van der Waals surface area contributed by atoms with Crippen molar-refractivity contribution in [1.82, 2.24) is 19.4 Å². The highest BCUT2D eigenvalue weighted by molar-refractivity contribution is 6.04. The van der Waals surface area contributed by atoms with Gasteiger partial charge in [-0.15, -0.1) is 0 Å². The van der Waals surface area contributed by atoms with Gasteiger partial charge in [0.2, 0.25) is 0 Å². The molecule has 3 amide bonds. The molecule has 0 spiro atoms. The standard InChI is InChI=1S/C33H32F2N6O4/c1-39-18-20-14-25(15-21(20)19-39)40(2)33(44)38-30-17-26(11-12-36-30)45-29-10-7-23(16-28(29)35)37-31(42)27-4-3-13-41(32(27)43)24-8-5-22(34)6-9-24/h3-13,16-17,20-21,25H,14-15,18-19H2,1-2H3,(H,37,42)(H,36,38,44)/t20-,21+,25+. The molecule has 1 aliphatic heterocycles. The molecule has 2 aliphatic rings. The first-order chi connectivity index (χ1) is 21.6. The van der Waals surface area contributed by atoms with Crippen molar-refractivity contribution in [1.29, 1.82) is 0 Å². The number of carbonyl (C=O) groups is 2. The zero-order valence-corrected chi connectivity index (χ0v) is 24.7. The SMILES string of the molecule is CN1C[C@H]2C[C@H](N(C)C(=O)Nc3cc(Oc4ccc(NC(=O)c5cccn(-c6ccc(F)cc6)c5=O)cc4F)ccn3)C[C@H]2C1. The van der Waals surface area contributed by atoms with Gasteiger partial charge in [-0.3, -0.25) is 19.5 Å². The highest BCUT2D eigenvalue weighted by Crippen LogP contribution is 2.39. The second-order valence-corrected chi connectivity index (χ2v) is 11.6. The maximum atomic E-state index is 15.0. The van der Waals surface area contributed by atoms with Gasteiger partial charge >= 0.3 is 6.03 Å². The van der Waals surface area contributed by atoms with Crippen LogP contribution in [-0.4, -0.2) is 64.5 Å². The van der Waals surface area contributed by atoms with Gasteiger partial charge in [-0.25, -0.2) is 18.6 Å². The zero-order valence-electron chi connectivity index (χ0n) is 24.7. The van der Waals surface area contributed by atoms with Crippen LogP contribution in [0.25, 0.3) is 5.69 Å². The molecule has 0 bridgehead atoms. The van der Waals surface area contributed by atoms with Gasteiger partial charge in [-0.2, -0.15) is 0 Å². The second-order valence-electron chi connectivity index (χ2n) is 11.6. The third kappa shape index (κ3) is 6.55. The molecule has 1 aliphatic carbocycles. The number of carbonyl (C=O) groups excluding carboxylic acids is 2. The normalized spacial score (nSPS) is 19.2. The Morgan fingerprint density at radius 2 is 1.71 bits per heavy atom. The highest BCUT2D eigenvalue weighted by atomic mass is 19.1. The Morgan fingerprint density at radius 3 is 2.42 bits per heavy atom. The Kier molecular flexibility index (Phi) is 8.31. The van der Waals surface area contributed by atoms with E-state index in [4.69, 9.17) is 4.74 Å². The third-order valence-corrected chi connectivity index (χ3v) is 8.46. The largest absolute Gasteiger partial charge is 0.454 e. The molecule has 3 heterocycles. The summed E-state index contributed by atoms with van der Waals surface area (Å²) in [7, 11) is 3.92. The lowest BCUT2D eigenvalue weighted by Gasteiger charge is -2.26. The molecule has 12 heteroatoms. The monoisotopic (exact) mass is 614 g/mol. The van der Waals surface area contributed by atoms with Crippen molar-refractivity contribution >= 4 is 23.4 Å². The molecule has 10 nitrogen and oxygen atoms in total. The number of pyridine rings is 2. The van der Waals surface area contributed by atoms with Gasteiger partial charge in [0.1, 0.15) is 22.9 Å². The van der Waals surface area contributed by atoms with Crippen molar-refractivity contribution in [3.05, 3.63) is 107 Å². The number of nitrogens with zero attached hydrogens (tertiary/aromatic N) is 4. The molecule has 1 saturated carbocycles. The van der Waals surface area contributed by atoms with E-state index in [1.165, 1.54) is 77.6 Å². The maximum Gasteiger partial charge on any atom is 0.323 e. The fraction of sp³-hybridized carbons (Fsp3) is 0.273. The van der Waals surface area contributed by atoms with Crippen LogP contribution in [0.2, 0.25) is 0 Å². The van der Waals surface area contributed by atoms with E-state index in [-0.39, 0.29) is 40.6 Å². The van der Waals surface area contributed by atoms with Gasteiger partial charge < -0.3 is 19.9 Å². The topological polar surface area (TPSA) is 109 Å². The van der Waals surface area contributed by atoms with Crippen molar-refractivity contribution in [3.8, 4) is 17.2 Å². The number of amides is 3. The number of nitrogens with one attached hydrogen (secondary N) is 2. The van der Waals surface area contributed by atoms with Crippen LogP contribution in [0.1, 0.15) is 23.2 Å². The predicted octanol–water partition coefficient (Wildman–Crippen LogP) is 5.36. The van der Waals surface area contributed by atoms with Crippen LogP contribution >= 0.6 is 0 Å². The number of hydrogen-bond acceptors (Lipinski definition) is 6. The summed E-state index contributed by atoms with van der Waals surface area (Å²) < 4.78 is 35.3. The van der Waals surface area contributed by atoms with Crippen LogP contribution in [0.5, 0.6) is 11.5 Å². The molecule has 2 fully saturated rings. The molecule has 4 aromatic rings. The quantitative estimate of drug-likeness (QED) is 0.290. The van der Waals surface area contributed by atoms with Crippen LogP contribution in [0, 0.1) is 23.5 Å². The van der Waals surface area contributed by atoms with Gasteiger partial charge in [0.05, 0.1) is 0 Å². The Hall–Kier alpha value is -5.10. The first-order valence-corrected chi connectivity index (χ1v) is 14.6. The molecular formula is C33H32F2N6O4. The summed E-state index contributed by atoms with van der Waals surface area (Å²) in [6.07, 6.45) is 4.87. The van der Waals surface area contributed by atoms with E-state index >= 15 is 4.39 Å². The van der Waals surface area contributed by atoms with Gasteiger partial charge in [-0.1, -0.05) is 0 Å². The smallest absolute Gasteiger partial charge is 0.323 e. The van der Waals surface area contributed by atoms with Crippen LogP contribution in [-0.2, 0) is 0 Å². The molecule has 3 atom stereocenters. The molecule has 6 rings (SSSR count). The van der Waals surface area contributed by atoms with Gasteiger partial charge in [0.15, 0.2) is 11.6 Å². The maximum absolute atomic E-state index is 15.0. The van der Waals surface area contributed by atoms with Crippen LogP contribution < -0.4 is 20.9 Å². The van der Waals surface area contributed by atoms with Crippen LogP contribution in [0.15, 0.2) is 83.9 Å². The molecule has 2 N–H and O–H groups in total. The highest BCUT2D eigenvalue weighted by Gasteiger charge is 2.41. The number of benzene rings is 2. The van der Waals surface area contributed by atoms with Gasteiger partial charge in [0.25, 0.3) is 11.5 Å². The lowest BCUT2D eigenvalue weighted by atomic mass is 10.0. The Balaban J connectivity index is 1.08. The lowest BCUT2D eigenvalue weighted by molar-refractivity contribution is 0.102. The lowest BCUT2D eigenvalue weighted by Crippen LogP contribution is -2.39. The fourth-order valence-electron chi connectivity index (χ4n) is 6.18. The number of rotatable bonds is 7. The molecule has 0 unspecified atom stereocenters. The molecule has 232 valence electrons. The first-order valence-electron chi connectivity index (χ1n) is 14.6. The van der Waals surface area contributed by atoms with Crippen molar-refractivity contribution in [3.63, 3.8) is 0 Å². The van der Waals surface area contributed by atoms with E-state index in [0.717, 1.165) is 32.0 Å². The first kappa shape index (κ1) is 29.9. The minimum Gasteiger partial charge on any atom is -0.454 e. The van der Waals surface area contributed by atoms with E-state index in [1.54, 1.807) is 11.9 Å². The summed E-state index contributed by atoms with van der Waals surface area (Å²) in [4.78, 5) is 47.1. The Morgan fingerprint density at radius 1 is 0.978 bits per heavy atom. The van der Waals surface area contributed by atoms with Gasteiger partial charge in [0, 0.05) is 62.1 Å². The Bertz CT molecular complexity index is 1780. The number of anilines is 2. The van der Waals surface area contributed by atoms with Crippen molar-refractivity contribution in [2.24, 2.45) is 11.8 Å². The number of likely N-dealkylation sites (tertiary alicyclic amines) is 1. The van der Waals surface area contributed by atoms with Crippen molar-refractivity contribution in [2.45, 2.75) is 18.9 Å². The summed E-state index contributed by atoms with van der Waals surface area (Å²) in [5.41, 5.74) is -0.302. The number of aromatic nitrogens is 2. The summed E-state index contributed by atoms with van der Waals surface area (Å²) >= 11 is 0. The number of fused-ring (bicyclic) bond motifs is 1. The van der Waals surface area contributed by atoms with Crippen LogP contribution in [0.3, 0.4) is 0 Å². The number of halogens is 2. The minimum atomic E-state index is -0.760. The third-order valence-electron chi connectivity index (χ3n) is 8.46. The number of hydrogen-bond donors (Lipinski definition) is 2. The van der Waals surface area contributed by atoms with E-state index in [9.17, 15) is 18.8 Å². The van der Waals surface area contributed by atoms with Crippen LogP contribution in [0.4, 0.5) is 25.1 Å². The van der Waals surface area contributed by atoms with Crippen molar-refractivity contribution < 1.29 is 23.1 Å². The average molecular weight is 615 g/mol. The number of ether oxygens (including phenoxy) is 1. The van der Waals surface area contributed by atoms with E-state index in [0.29, 0.717) is 17.5 Å². The fourth-order valence-corrected chi connectivity index (χ4v) is 6.18.